The number of Topliss-reactive ketones (excluding diaryl/α,β-unsaturated/α-hetero) is 1. The van der Waals surface area contributed by atoms with Crippen molar-refractivity contribution in [3.8, 4) is 5.75 Å². The first-order chi connectivity index (χ1) is 8.19. The van der Waals surface area contributed by atoms with Crippen LogP contribution in [-0.4, -0.2) is 32.1 Å². The number of fused-ring (bicyclic) bond motifs is 1. The van der Waals surface area contributed by atoms with Gasteiger partial charge in [-0.25, -0.2) is 4.39 Å². The first kappa shape index (κ1) is 11.9. The molecule has 0 aromatic heterocycles. The summed E-state index contributed by atoms with van der Waals surface area (Å²) in [4.78, 5) is 11.4. The molecule has 4 nitrogen and oxygen atoms in total. The normalized spacial score (nSPS) is 17.9. The molecule has 0 saturated heterocycles. The Balaban J connectivity index is 1.99. The van der Waals surface area contributed by atoms with Crippen LogP contribution in [0.5, 0.6) is 5.75 Å². The molecular weight excluding hydrogens is 225 g/mol. The average Bonchev–Trinajstić information content (AvgIpc) is 2.29. The van der Waals surface area contributed by atoms with E-state index >= 15 is 0 Å². The molecule has 0 radical (unpaired) electrons. The van der Waals surface area contributed by atoms with E-state index in [1.54, 1.807) is 6.07 Å². The molecule has 1 aromatic rings. The van der Waals surface area contributed by atoms with Gasteiger partial charge >= 0.3 is 0 Å². The molecule has 0 fully saturated rings. The summed E-state index contributed by atoms with van der Waals surface area (Å²) in [5.74, 6) is 0.166. The van der Waals surface area contributed by atoms with Crippen molar-refractivity contribution in [3.63, 3.8) is 0 Å². The Hall–Kier alpha value is -1.62. The highest BCUT2D eigenvalue weighted by atomic mass is 19.1. The molecule has 92 valence electrons. The number of rotatable bonds is 4. The minimum absolute atomic E-state index is 0.0131. The smallest absolute Gasteiger partial charge is 0.160 e. The summed E-state index contributed by atoms with van der Waals surface area (Å²) in [5.41, 5.74) is 0.716. The molecule has 0 unspecified atom stereocenters. The zero-order valence-electron chi connectivity index (χ0n) is 9.53. The van der Waals surface area contributed by atoms with E-state index in [0.29, 0.717) is 24.5 Å². The number of methoxy groups -OCH3 is 1. The van der Waals surface area contributed by atoms with Crippen LogP contribution in [-0.2, 0) is 9.53 Å². The van der Waals surface area contributed by atoms with E-state index in [1.807, 2.05) is 0 Å². The molecule has 1 atom stereocenters. The second-order valence-corrected chi connectivity index (χ2v) is 3.97. The Bertz CT molecular complexity index is 422. The van der Waals surface area contributed by atoms with E-state index in [1.165, 1.54) is 19.2 Å². The van der Waals surface area contributed by atoms with Crippen LogP contribution in [0.3, 0.4) is 0 Å². The van der Waals surface area contributed by atoms with Gasteiger partial charge in [-0.3, -0.25) is 4.79 Å². The lowest BCUT2D eigenvalue weighted by Gasteiger charge is -2.27. The van der Waals surface area contributed by atoms with Crippen LogP contribution in [0.4, 0.5) is 10.1 Å². The monoisotopic (exact) mass is 239 g/mol. The first-order valence-electron chi connectivity index (χ1n) is 5.38. The third-order valence-electron chi connectivity index (χ3n) is 2.52. The number of carbonyl (C=O) groups excluding carboxylic acids is 1. The topological polar surface area (TPSA) is 47.6 Å². The zero-order valence-corrected chi connectivity index (χ0v) is 9.53. The molecule has 1 N–H and O–H groups in total. The summed E-state index contributed by atoms with van der Waals surface area (Å²) < 4.78 is 23.1. The number of hydrogen-bond acceptors (Lipinski definition) is 4. The average molecular weight is 239 g/mol. The maximum absolute atomic E-state index is 12.9. The van der Waals surface area contributed by atoms with Crippen LogP contribution < -0.4 is 10.1 Å². The third-order valence-corrected chi connectivity index (χ3v) is 2.52. The van der Waals surface area contributed by atoms with Crippen molar-refractivity contribution >= 4 is 11.5 Å². The van der Waals surface area contributed by atoms with Crippen molar-refractivity contribution in [2.45, 2.75) is 12.5 Å². The Kier molecular flexibility index (Phi) is 3.58. The maximum atomic E-state index is 12.9. The lowest BCUT2D eigenvalue weighted by molar-refractivity contribution is -0.123. The summed E-state index contributed by atoms with van der Waals surface area (Å²) in [7, 11) is 1.49. The first-order valence-corrected chi connectivity index (χ1v) is 5.38. The van der Waals surface area contributed by atoms with Crippen molar-refractivity contribution in [2.75, 3.05) is 25.6 Å². The van der Waals surface area contributed by atoms with Gasteiger partial charge in [0.05, 0.1) is 11.7 Å². The van der Waals surface area contributed by atoms with E-state index < -0.39 is 0 Å². The summed E-state index contributed by atoms with van der Waals surface area (Å²) in [5, 5.41) is 3.15. The SMILES string of the molecule is COCC(=O)C[C@H]1COc2cc(F)ccc2N1. The van der Waals surface area contributed by atoms with Crippen molar-refractivity contribution < 1.29 is 18.7 Å². The van der Waals surface area contributed by atoms with Crippen molar-refractivity contribution in [2.24, 2.45) is 0 Å². The number of carbonyl (C=O) groups is 1. The molecule has 17 heavy (non-hydrogen) atoms. The van der Waals surface area contributed by atoms with E-state index in [0.717, 1.165) is 0 Å². The number of halogens is 1. The summed E-state index contributed by atoms with van der Waals surface area (Å²) >= 11 is 0. The lowest BCUT2D eigenvalue weighted by atomic mass is 10.1. The number of nitrogens with one attached hydrogen (secondary N) is 1. The largest absolute Gasteiger partial charge is 0.489 e. The quantitative estimate of drug-likeness (QED) is 0.867. The molecule has 5 heteroatoms. The zero-order chi connectivity index (χ0) is 12.3. The Morgan fingerprint density at radius 1 is 1.65 bits per heavy atom. The van der Waals surface area contributed by atoms with Gasteiger partial charge in [0.25, 0.3) is 0 Å². The molecule has 1 aromatic carbocycles. The predicted octanol–water partition coefficient (Wildman–Crippen LogP) is 1.60. The number of anilines is 1. The second kappa shape index (κ2) is 5.14. The van der Waals surface area contributed by atoms with Gasteiger partial charge in [0.2, 0.25) is 0 Å². The van der Waals surface area contributed by atoms with Crippen LogP contribution in [0.15, 0.2) is 18.2 Å². The summed E-state index contributed by atoms with van der Waals surface area (Å²) in [6.07, 6.45) is 0.338. The van der Waals surface area contributed by atoms with E-state index in [2.05, 4.69) is 5.32 Å². The number of hydrogen-bond donors (Lipinski definition) is 1. The van der Waals surface area contributed by atoms with Gasteiger partial charge in [0.15, 0.2) is 5.78 Å². The highest BCUT2D eigenvalue weighted by Gasteiger charge is 2.21. The van der Waals surface area contributed by atoms with Crippen LogP contribution in [0.1, 0.15) is 6.42 Å². The molecule has 0 spiro atoms. The molecule has 0 saturated carbocycles. The van der Waals surface area contributed by atoms with Gasteiger partial charge in [0.1, 0.15) is 24.8 Å². The molecule has 0 aliphatic carbocycles. The van der Waals surface area contributed by atoms with Crippen molar-refractivity contribution in [3.05, 3.63) is 24.0 Å². The minimum Gasteiger partial charge on any atom is -0.489 e. The number of ether oxygens (including phenoxy) is 2. The Morgan fingerprint density at radius 3 is 3.24 bits per heavy atom. The minimum atomic E-state index is -0.334. The van der Waals surface area contributed by atoms with E-state index in [9.17, 15) is 9.18 Å². The van der Waals surface area contributed by atoms with Crippen LogP contribution in [0.25, 0.3) is 0 Å². The molecule has 1 aliphatic rings. The van der Waals surface area contributed by atoms with Crippen molar-refractivity contribution in [1.82, 2.24) is 0 Å². The van der Waals surface area contributed by atoms with E-state index in [-0.39, 0.29) is 24.2 Å². The van der Waals surface area contributed by atoms with Crippen LogP contribution in [0.2, 0.25) is 0 Å². The highest BCUT2D eigenvalue weighted by Crippen LogP contribution is 2.29. The second-order valence-electron chi connectivity index (χ2n) is 3.97. The standard InChI is InChI=1S/C12H14FNO3/c1-16-7-10(15)5-9-6-17-12-4-8(13)2-3-11(12)14-9/h2-4,9,14H,5-7H2,1H3/t9-/m0/s1. The van der Waals surface area contributed by atoms with Gasteiger partial charge in [0, 0.05) is 19.6 Å². The molecule has 1 heterocycles. The van der Waals surface area contributed by atoms with Gasteiger partial charge < -0.3 is 14.8 Å². The van der Waals surface area contributed by atoms with Crippen LogP contribution >= 0.6 is 0 Å². The predicted molar refractivity (Wildman–Crippen MR) is 60.8 cm³/mol. The maximum Gasteiger partial charge on any atom is 0.160 e. The molecule has 0 bridgehead atoms. The van der Waals surface area contributed by atoms with E-state index in [4.69, 9.17) is 9.47 Å². The molecule has 2 rings (SSSR count). The summed E-state index contributed by atoms with van der Waals surface area (Å²) in [6, 6.07) is 4.21. The molecule has 1 aliphatic heterocycles. The highest BCUT2D eigenvalue weighted by molar-refractivity contribution is 5.81. The fraction of sp³-hybridized carbons (Fsp3) is 0.417. The number of benzene rings is 1. The number of ketones is 1. The Labute approximate surface area is 98.7 Å². The fourth-order valence-electron chi connectivity index (χ4n) is 1.79. The molecular formula is C12H14FNO3. The molecule has 0 amide bonds. The summed E-state index contributed by atoms with van der Waals surface area (Å²) in [6.45, 7) is 0.459. The Morgan fingerprint density at radius 2 is 2.47 bits per heavy atom. The van der Waals surface area contributed by atoms with Crippen LogP contribution in [0, 0.1) is 5.82 Å². The van der Waals surface area contributed by atoms with Crippen molar-refractivity contribution in [1.29, 1.82) is 0 Å². The third kappa shape index (κ3) is 2.94. The lowest BCUT2D eigenvalue weighted by Crippen LogP contribution is -2.34. The fourth-order valence-corrected chi connectivity index (χ4v) is 1.79. The van der Waals surface area contributed by atoms with Gasteiger partial charge in [-0.1, -0.05) is 0 Å². The van der Waals surface area contributed by atoms with Gasteiger partial charge in [-0.15, -0.1) is 0 Å². The van der Waals surface area contributed by atoms with Gasteiger partial charge in [-0.05, 0) is 12.1 Å². The van der Waals surface area contributed by atoms with Gasteiger partial charge in [-0.2, -0.15) is 0 Å².